The molecule has 0 atom stereocenters. The van der Waals surface area contributed by atoms with Crippen LogP contribution in [-0.2, 0) is 6.54 Å². The Labute approximate surface area is 100 Å². The van der Waals surface area contributed by atoms with Crippen LogP contribution in [0.25, 0.3) is 11.0 Å². The first-order valence-electron chi connectivity index (χ1n) is 5.87. The summed E-state index contributed by atoms with van der Waals surface area (Å²) in [4.78, 5) is 7.59. The van der Waals surface area contributed by atoms with Gasteiger partial charge in [0.1, 0.15) is 5.82 Å². The van der Waals surface area contributed by atoms with E-state index in [1.165, 1.54) is 5.06 Å². The summed E-state index contributed by atoms with van der Waals surface area (Å²) >= 11 is 0. The molecule has 0 bridgehead atoms. The number of aromatic amines is 1. The van der Waals surface area contributed by atoms with Gasteiger partial charge in [0.2, 0.25) is 0 Å². The fourth-order valence-electron chi connectivity index (χ4n) is 1.72. The fraction of sp³-hybridized carbons (Fsp3) is 0.417. The van der Waals surface area contributed by atoms with Crippen LogP contribution in [-0.4, -0.2) is 39.9 Å². The van der Waals surface area contributed by atoms with E-state index in [2.05, 4.69) is 15.3 Å². The summed E-state index contributed by atoms with van der Waals surface area (Å²) in [6, 6.07) is 7.85. The van der Waals surface area contributed by atoms with E-state index in [1.807, 2.05) is 31.2 Å². The monoisotopic (exact) mass is 234 g/mol. The van der Waals surface area contributed by atoms with E-state index in [0.717, 1.165) is 29.9 Å². The molecule has 0 unspecified atom stereocenters. The highest BCUT2D eigenvalue weighted by molar-refractivity contribution is 5.74. The Balaban J connectivity index is 1.93. The molecule has 2 rings (SSSR count). The molecule has 1 aromatic heterocycles. The Bertz CT molecular complexity index is 435. The first-order chi connectivity index (χ1) is 8.29. The summed E-state index contributed by atoms with van der Waals surface area (Å²) in [6.07, 6.45) is 0. The number of rotatable bonds is 6. The number of nitrogens with one attached hydrogen (secondary N) is 2. The van der Waals surface area contributed by atoms with Crippen LogP contribution in [0.3, 0.4) is 0 Å². The van der Waals surface area contributed by atoms with Gasteiger partial charge in [-0.15, -0.1) is 0 Å². The predicted octanol–water partition coefficient (Wildman–Crippen LogP) is 1.36. The van der Waals surface area contributed by atoms with Crippen molar-refractivity contribution in [3.05, 3.63) is 30.1 Å². The third-order valence-electron chi connectivity index (χ3n) is 2.57. The number of benzene rings is 1. The number of imidazole rings is 1. The van der Waals surface area contributed by atoms with E-state index in [1.54, 1.807) is 0 Å². The number of likely N-dealkylation sites (N-methyl/N-ethyl adjacent to an activating group) is 1. The maximum absolute atomic E-state index is 9.69. The molecule has 1 heterocycles. The highest BCUT2D eigenvalue weighted by Crippen LogP contribution is 2.10. The molecule has 0 aliphatic rings. The maximum Gasteiger partial charge on any atom is 0.123 e. The van der Waals surface area contributed by atoms with E-state index in [0.29, 0.717) is 13.1 Å². The fourth-order valence-corrected chi connectivity index (χ4v) is 1.72. The second-order valence-electron chi connectivity index (χ2n) is 3.94. The van der Waals surface area contributed by atoms with Crippen molar-refractivity contribution in [2.24, 2.45) is 0 Å². The summed E-state index contributed by atoms with van der Waals surface area (Å²) in [5.74, 6) is 0.783. The van der Waals surface area contributed by atoms with Gasteiger partial charge < -0.3 is 15.5 Å². The van der Waals surface area contributed by atoms with Crippen LogP contribution in [0, 0.1) is 0 Å². The van der Waals surface area contributed by atoms with E-state index in [-0.39, 0.29) is 0 Å². The number of H-pyrrole nitrogens is 1. The lowest BCUT2D eigenvalue weighted by molar-refractivity contribution is -0.0992. The van der Waals surface area contributed by atoms with Crippen LogP contribution >= 0.6 is 0 Å². The quantitative estimate of drug-likeness (QED) is 0.521. The second-order valence-corrected chi connectivity index (χ2v) is 3.94. The molecular formula is C12H18N4O. The van der Waals surface area contributed by atoms with E-state index in [4.69, 9.17) is 0 Å². The number of fused-ring (bicyclic) bond motifs is 1. The average molecular weight is 234 g/mol. The van der Waals surface area contributed by atoms with Crippen molar-refractivity contribution in [2.45, 2.75) is 13.5 Å². The van der Waals surface area contributed by atoms with Crippen LogP contribution in [0.1, 0.15) is 12.7 Å². The molecule has 0 saturated carbocycles. The van der Waals surface area contributed by atoms with Gasteiger partial charge in [-0.25, -0.2) is 4.98 Å². The Morgan fingerprint density at radius 2 is 2.24 bits per heavy atom. The number of nitrogens with zero attached hydrogens (tertiary/aromatic N) is 2. The third kappa shape index (κ3) is 3.26. The van der Waals surface area contributed by atoms with Crippen LogP contribution in [0.15, 0.2) is 24.3 Å². The van der Waals surface area contributed by atoms with Gasteiger partial charge in [0, 0.05) is 13.1 Å². The number of hydrogen-bond donors (Lipinski definition) is 3. The normalized spacial score (nSPS) is 11.5. The van der Waals surface area contributed by atoms with Gasteiger partial charge in [0.25, 0.3) is 0 Å². The molecule has 5 nitrogen and oxygen atoms in total. The molecule has 0 fully saturated rings. The van der Waals surface area contributed by atoms with Gasteiger partial charge in [0.15, 0.2) is 0 Å². The minimum absolute atomic E-state index is 0.417. The van der Waals surface area contributed by atoms with Crippen molar-refractivity contribution < 1.29 is 5.21 Å². The van der Waals surface area contributed by atoms with Crippen molar-refractivity contribution in [3.63, 3.8) is 0 Å². The minimum atomic E-state index is 0.417. The van der Waals surface area contributed by atoms with Gasteiger partial charge >= 0.3 is 0 Å². The largest absolute Gasteiger partial charge is 0.341 e. The Morgan fingerprint density at radius 3 is 3.00 bits per heavy atom. The molecule has 5 heteroatoms. The number of hydroxylamine groups is 2. The Hall–Kier alpha value is -1.43. The Morgan fingerprint density at radius 1 is 1.41 bits per heavy atom. The SMILES string of the molecule is CCNCCN(O)Cc1nc2ccccc2[nH]1. The highest BCUT2D eigenvalue weighted by Gasteiger charge is 2.06. The van der Waals surface area contributed by atoms with Gasteiger partial charge in [-0.3, -0.25) is 0 Å². The molecule has 0 radical (unpaired) electrons. The summed E-state index contributed by atoms with van der Waals surface area (Å²) in [5.41, 5.74) is 1.94. The lowest BCUT2D eigenvalue weighted by atomic mass is 10.3. The van der Waals surface area contributed by atoms with Gasteiger partial charge in [-0.2, -0.15) is 5.06 Å². The van der Waals surface area contributed by atoms with Crippen molar-refractivity contribution in [3.8, 4) is 0 Å². The van der Waals surface area contributed by atoms with Crippen molar-refractivity contribution in [1.29, 1.82) is 0 Å². The molecule has 17 heavy (non-hydrogen) atoms. The summed E-state index contributed by atoms with van der Waals surface area (Å²) in [6.45, 7) is 4.73. The zero-order valence-electron chi connectivity index (χ0n) is 9.98. The minimum Gasteiger partial charge on any atom is -0.341 e. The van der Waals surface area contributed by atoms with Crippen LogP contribution in [0.5, 0.6) is 0 Å². The van der Waals surface area contributed by atoms with Gasteiger partial charge in [0.05, 0.1) is 17.6 Å². The lowest BCUT2D eigenvalue weighted by Crippen LogP contribution is -2.29. The number of para-hydroxylation sites is 2. The van der Waals surface area contributed by atoms with Gasteiger partial charge in [-0.05, 0) is 18.7 Å². The van der Waals surface area contributed by atoms with E-state index >= 15 is 0 Å². The van der Waals surface area contributed by atoms with E-state index in [9.17, 15) is 5.21 Å². The topological polar surface area (TPSA) is 64.2 Å². The number of hydrogen-bond acceptors (Lipinski definition) is 4. The third-order valence-corrected chi connectivity index (χ3v) is 2.57. The highest BCUT2D eigenvalue weighted by atomic mass is 16.5. The predicted molar refractivity (Wildman–Crippen MR) is 66.8 cm³/mol. The van der Waals surface area contributed by atoms with Crippen molar-refractivity contribution in [1.82, 2.24) is 20.3 Å². The smallest absolute Gasteiger partial charge is 0.123 e. The van der Waals surface area contributed by atoms with Crippen molar-refractivity contribution >= 4 is 11.0 Å². The van der Waals surface area contributed by atoms with Crippen LogP contribution in [0.4, 0.5) is 0 Å². The molecule has 2 aromatic rings. The molecule has 0 aliphatic heterocycles. The van der Waals surface area contributed by atoms with Crippen molar-refractivity contribution in [2.75, 3.05) is 19.6 Å². The average Bonchev–Trinajstić information content (AvgIpc) is 2.71. The maximum atomic E-state index is 9.69. The molecular weight excluding hydrogens is 216 g/mol. The summed E-state index contributed by atoms with van der Waals surface area (Å²) < 4.78 is 0. The lowest BCUT2D eigenvalue weighted by Gasteiger charge is -2.12. The Kier molecular flexibility index (Phi) is 4.08. The zero-order valence-corrected chi connectivity index (χ0v) is 9.98. The second kappa shape index (κ2) is 5.77. The van der Waals surface area contributed by atoms with Gasteiger partial charge in [-0.1, -0.05) is 19.1 Å². The van der Waals surface area contributed by atoms with Crippen LogP contribution in [0.2, 0.25) is 0 Å². The molecule has 0 aliphatic carbocycles. The first kappa shape index (κ1) is 12.0. The molecule has 0 saturated heterocycles. The summed E-state index contributed by atoms with van der Waals surface area (Å²) in [5, 5.41) is 14.1. The molecule has 92 valence electrons. The standard InChI is InChI=1S/C12H18N4O/c1-2-13-7-8-16(17)9-12-14-10-5-3-4-6-11(10)15-12/h3-6,13,17H,2,7-9H2,1H3,(H,14,15). The summed E-state index contributed by atoms with van der Waals surface area (Å²) in [7, 11) is 0. The van der Waals surface area contributed by atoms with E-state index < -0.39 is 0 Å². The van der Waals surface area contributed by atoms with Crippen LogP contribution < -0.4 is 5.32 Å². The molecule has 3 N–H and O–H groups in total. The zero-order chi connectivity index (χ0) is 12.1. The number of aromatic nitrogens is 2. The molecule has 1 aromatic carbocycles. The first-order valence-corrected chi connectivity index (χ1v) is 5.87. The molecule has 0 spiro atoms. The molecule has 0 amide bonds.